The number of urea groups is 1. The highest BCUT2D eigenvalue weighted by Gasteiger charge is 2.40. The molecule has 2 aromatic rings. The molecule has 0 spiro atoms. The highest BCUT2D eigenvalue weighted by molar-refractivity contribution is 6.42. The largest absolute Gasteiger partial charge is 0.350 e. The van der Waals surface area contributed by atoms with E-state index in [9.17, 15) is 18.8 Å². The number of amides is 4. The van der Waals surface area contributed by atoms with Crippen LogP contribution in [0.4, 0.5) is 14.9 Å². The van der Waals surface area contributed by atoms with E-state index in [1.54, 1.807) is 25.1 Å². The third kappa shape index (κ3) is 4.26. The lowest BCUT2D eigenvalue weighted by molar-refractivity contribution is -0.126. The molecule has 1 aliphatic rings. The molecular formula is C19H16Cl2FN3O3. The second-order valence-corrected chi connectivity index (χ2v) is 7.13. The van der Waals surface area contributed by atoms with Crippen molar-refractivity contribution in [1.82, 2.24) is 10.6 Å². The number of halogens is 3. The van der Waals surface area contributed by atoms with E-state index in [4.69, 9.17) is 23.2 Å². The van der Waals surface area contributed by atoms with E-state index in [2.05, 4.69) is 10.6 Å². The van der Waals surface area contributed by atoms with E-state index in [0.29, 0.717) is 10.0 Å². The molecule has 0 aromatic heterocycles. The Morgan fingerprint density at radius 3 is 2.50 bits per heavy atom. The second kappa shape index (κ2) is 8.16. The summed E-state index contributed by atoms with van der Waals surface area (Å²) in [6.07, 6.45) is -0.228. The fraction of sp³-hybridized carbons (Fsp3) is 0.211. The van der Waals surface area contributed by atoms with E-state index in [0.717, 1.165) is 22.6 Å². The Morgan fingerprint density at radius 1 is 1.18 bits per heavy atom. The average molecular weight is 424 g/mol. The molecule has 1 heterocycles. The third-order valence-corrected chi connectivity index (χ3v) is 5.05. The van der Waals surface area contributed by atoms with Crippen LogP contribution in [0.3, 0.4) is 0 Å². The van der Waals surface area contributed by atoms with Crippen molar-refractivity contribution in [3.05, 3.63) is 63.9 Å². The number of hydrogen-bond donors (Lipinski definition) is 2. The van der Waals surface area contributed by atoms with Crippen LogP contribution in [0.1, 0.15) is 24.9 Å². The van der Waals surface area contributed by atoms with Gasteiger partial charge in [0.25, 0.3) is 5.91 Å². The van der Waals surface area contributed by atoms with E-state index in [-0.39, 0.29) is 18.2 Å². The summed E-state index contributed by atoms with van der Waals surface area (Å²) in [6, 6.07) is 7.91. The van der Waals surface area contributed by atoms with E-state index in [1.165, 1.54) is 12.1 Å². The molecule has 2 N–H and O–H groups in total. The van der Waals surface area contributed by atoms with Gasteiger partial charge >= 0.3 is 6.03 Å². The summed E-state index contributed by atoms with van der Waals surface area (Å²) in [5.41, 5.74) is 0.980. The summed E-state index contributed by atoms with van der Waals surface area (Å²) >= 11 is 11.9. The van der Waals surface area contributed by atoms with Gasteiger partial charge in [0.05, 0.1) is 28.2 Å². The number of anilines is 1. The van der Waals surface area contributed by atoms with Gasteiger partial charge in [-0.15, -0.1) is 0 Å². The Hall–Kier alpha value is -2.64. The predicted octanol–water partition coefficient (Wildman–Crippen LogP) is 3.82. The summed E-state index contributed by atoms with van der Waals surface area (Å²) in [4.78, 5) is 37.8. The molecule has 2 aromatic carbocycles. The molecule has 2 atom stereocenters. The van der Waals surface area contributed by atoms with Crippen LogP contribution < -0.4 is 15.5 Å². The Morgan fingerprint density at radius 2 is 1.86 bits per heavy atom. The minimum absolute atomic E-state index is 0.228. The lowest BCUT2D eigenvalue weighted by Crippen LogP contribution is -2.37. The van der Waals surface area contributed by atoms with Crippen molar-refractivity contribution in [1.29, 1.82) is 0 Å². The first kappa shape index (κ1) is 20.1. The van der Waals surface area contributed by atoms with Gasteiger partial charge in [-0.2, -0.15) is 0 Å². The summed E-state index contributed by atoms with van der Waals surface area (Å²) < 4.78 is 13.1. The van der Waals surface area contributed by atoms with Gasteiger partial charge in [-0.3, -0.25) is 9.59 Å². The van der Waals surface area contributed by atoms with Crippen LogP contribution in [-0.4, -0.2) is 23.9 Å². The van der Waals surface area contributed by atoms with Gasteiger partial charge in [0.2, 0.25) is 5.91 Å². The summed E-state index contributed by atoms with van der Waals surface area (Å²) in [6.45, 7) is 1.76. The molecule has 6 nitrogen and oxygen atoms in total. The monoisotopic (exact) mass is 423 g/mol. The molecule has 0 bridgehead atoms. The van der Waals surface area contributed by atoms with E-state index in [1.807, 2.05) is 0 Å². The summed E-state index contributed by atoms with van der Waals surface area (Å²) in [5, 5.41) is 6.00. The minimum Gasteiger partial charge on any atom is -0.350 e. The molecular weight excluding hydrogens is 408 g/mol. The minimum atomic E-state index is -1.00. The normalized spacial score (nSPS) is 17.4. The van der Waals surface area contributed by atoms with Gasteiger partial charge in [-0.05, 0) is 48.9 Å². The zero-order valence-electron chi connectivity index (χ0n) is 14.7. The maximum absolute atomic E-state index is 13.1. The highest BCUT2D eigenvalue weighted by atomic mass is 35.5. The lowest BCUT2D eigenvalue weighted by Gasteiger charge is -2.16. The van der Waals surface area contributed by atoms with Crippen molar-refractivity contribution in [2.24, 2.45) is 0 Å². The van der Waals surface area contributed by atoms with Crippen LogP contribution >= 0.6 is 23.2 Å². The number of nitrogens with one attached hydrogen (secondary N) is 2. The van der Waals surface area contributed by atoms with Crippen molar-refractivity contribution >= 4 is 46.7 Å². The molecule has 1 aliphatic heterocycles. The zero-order chi connectivity index (χ0) is 20.4. The quantitative estimate of drug-likeness (QED) is 0.717. The van der Waals surface area contributed by atoms with Crippen molar-refractivity contribution in [3.8, 4) is 0 Å². The number of imide groups is 1. The molecule has 3 rings (SSSR count). The molecule has 2 unspecified atom stereocenters. The molecule has 4 amide bonds. The highest BCUT2D eigenvalue weighted by Crippen LogP contribution is 2.26. The standard InChI is InChI=1S/C19H16Cl2FN3O3/c1-10(11-2-7-14(20)15(21)8-11)23-17(26)9-16-18(27)25(19(28)24-16)13-5-3-12(22)4-6-13/h2-8,10,16H,9H2,1H3,(H,23,26)(H,24,28). The van der Waals surface area contributed by atoms with Crippen molar-refractivity contribution in [3.63, 3.8) is 0 Å². The predicted molar refractivity (Wildman–Crippen MR) is 104 cm³/mol. The number of carbonyl (C=O) groups is 3. The molecule has 1 saturated heterocycles. The maximum Gasteiger partial charge on any atom is 0.329 e. The number of carbonyl (C=O) groups excluding carboxylic acids is 3. The summed E-state index contributed by atoms with van der Waals surface area (Å²) in [5.74, 6) is -1.48. The topological polar surface area (TPSA) is 78.5 Å². The van der Waals surface area contributed by atoms with Crippen molar-refractivity contribution in [2.75, 3.05) is 4.90 Å². The zero-order valence-corrected chi connectivity index (χ0v) is 16.2. The van der Waals surface area contributed by atoms with Crippen molar-refractivity contribution < 1.29 is 18.8 Å². The van der Waals surface area contributed by atoms with Gasteiger partial charge < -0.3 is 10.6 Å². The second-order valence-electron chi connectivity index (χ2n) is 6.32. The lowest BCUT2D eigenvalue weighted by atomic mass is 10.1. The fourth-order valence-electron chi connectivity index (χ4n) is 2.86. The van der Waals surface area contributed by atoms with Crippen LogP contribution in [0, 0.1) is 5.82 Å². The first-order valence-electron chi connectivity index (χ1n) is 8.40. The van der Waals surface area contributed by atoms with Crippen LogP contribution in [0.2, 0.25) is 10.0 Å². The number of rotatable bonds is 5. The number of nitrogens with zero attached hydrogens (tertiary/aromatic N) is 1. The first-order valence-corrected chi connectivity index (χ1v) is 9.16. The Labute approximate surface area is 170 Å². The average Bonchev–Trinajstić information content (AvgIpc) is 2.91. The van der Waals surface area contributed by atoms with Crippen LogP contribution in [-0.2, 0) is 9.59 Å². The van der Waals surface area contributed by atoms with Gasteiger partial charge in [0.1, 0.15) is 11.9 Å². The van der Waals surface area contributed by atoms with Crippen LogP contribution in [0.15, 0.2) is 42.5 Å². The smallest absolute Gasteiger partial charge is 0.329 e. The van der Waals surface area contributed by atoms with E-state index >= 15 is 0 Å². The molecule has 28 heavy (non-hydrogen) atoms. The van der Waals surface area contributed by atoms with Gasteiger partial charge in [-0.1, -0.05) is 29.3 Å². The first-order chi connectivity index (χ1) is 13.3. The fourth-order valence-corrected chi connectivity index (χ4v) is 3.16. The number of hydrogen-bond acceptors (Lipinski definition) is 3. The Bertz CT molecular complexity index is 937. The number of benzene rings is 2. The SMILES string of the molecule is CC(NC(=O)CC1NC(=O)N(c2ccc(F)cc2)C1=O)c1ccc(Cl)c(Cl)c1. The molecule has 0 saturated carbocycles. The van der Waals surface area contributed by atoms with Gasteiger partial charge in [-0.25, -0.2) is 14.1 Å². The molecule has 9 heteroatoms. The van der Waals surface area contributed by atoms with Crippen LogP contribution in [0.25, 0.3) is 0 Å². The molecule has 0 aliphatic carbocycles. The molecule has 146 valence electrons. The Balaban J connectivity index is 1.64. The maximum atomic E-state index is 13.1. The Kier molecular flexibility index (Phi) is 5.86. The van der Waals surface area contributed by atoms with E-state index < -0.39 is 29.7 Å². The molecule has 1 fully saturated rings. The van der Waals surface area contributed by atoms with Gasteiger partial charge in [0, 0.05) is 0 Å². The van der Waals surface area contributed by atoms with Crippen molar-refractivity contribution in [2.45, 2.75) is 25.4 Å². The summed E-state index contributed by atoms with van der Waals surface area (Å²) in [7, 11) is 0. The molecule has 0 radical (unpaired) electrons. The van der Waals surface area contributed by atoms with Crippen LogP contribution in [0.5, 0.6) is 0 Å². The third-order valence-electron chi connectivity index (χ3n) is 4.31. The van der Waals surface area contributed by atoms with Gasteiger partial charge in [0.15, 0.2) is 0 Å².